The molecule has 0 radical (unpaired) electrons. The van der Waals surface area contributed by atoms with Gasteiger partial charge in [-0.05, 0) is 29.7 Å². The monoisotopic (exact) mass is 264 g/mol. The van der Waals surface area contributed by atoms with Crippen molar-refractivity contribution in [1.82, 2.24) is 4.57 Å². The molecule has 0 saturated heterocycles. The maximum absolute atomic E-state index is 11.9. The standard InChI is InChI=1S/C17H16N2O/c20-17(18-15-7-2-1-3-8-15)11-13-19-12-10-14-6-4-5-9-16(14)19/h1-10,12H,11,13H2,(H,18,20). The molecule has 0 atom stereocenters. The number of fused-ring (bicyclic) bond motifs is 1. The summed E-state index contributed by atoms with van der Waals surface area (Å²) in [6.45, 7) is 0.687. The average Bonchev–Trinajstić information content (AvgIpc) is 2.89. The Morgan fingerprint density at radius 2 is 1.70 bits per heavy atom. The van der Waals surface area contributed by atoms with Gasteiger partial charge in [0.2, 0.25) is 5.91 Å². The van der Waals surface area contributed by atoms with E-state index >= 15 is 0 Å². The Morgan fingerprint density at radius 3 is 2.55 bits per heavy atom. The molecule has 0 fully saturated rings. The second kappa shape index (κ2) is 5.61. The zero-order valence-electron chi connectivity index (χ0n) is 11.1. The van der Waals surface area contributed by atoms with Gasteiger partial charge in [0.1, 0.15) is 0 Å². The first-order valence-electron chi connectivity index (χ1n) is 6.72. The lowest BCUT2D eigenvalue weighted by atomic mass is 10.2. The molecule has 1 N–H and O–H groups in total. The Labute approximate surface area is 117 Å². The Balaban J connectivity index is 1.63. The number of amides is 1. The number of nitrogens with zero attached hydrogens (tertiary/aromatic N) is 1. The molecule has 0 aliphatic carbocycles. The zero-order chi connectivity index (χ0) is 13.8. The van der Waals surface area contributed by atoms with E-state index in [-0.39, 0.29) is 5.91 Å². The second-order valence-corrected chi connectivity index (χ2v) is 4.73. The predicted octanol–water partition coefficient (Wildman–Crippen LogP) is 3.67. The van der Waals surface area contributed by atoms with Crippen LogP contribution in [0, 0.1) is 0 Å². The highest BCUT2D eigenvalue weighted by molar-refractivity contribution is 5.90. The molecule has 2 aromatic carbocycles. The van der Waals surface area contributed by atoms with Crippen LogP contribution in [0.5, 0.6) is 0 Å². The van der Waals surface area contributed by atoms with E-state index in [4.69, 9.17) is 0 Å². The molecule has 3 nitrogen and oxygen atoms in total. The van der Waals surface area contributed by atoms with Crippen molar-refractivity contribution in [2.24, 2.45) is 0 Å². The van der Waals surface area contributed by atoms with Crippen molar-refractivity contribution in [3.8, 4) is 0 Å². The maximum Gasteiger partial charge on any atom is 0.226 e. The highest BCUT2D eigenvalue weighted by Gasteiger charge is 2.04. The number of hydrogen-bond donors (Lipinski definition) is 1. The lowest BCUT2D eigenvalue weighted by Gasteiger charge is -2.07. The van der Waals surface area contributed by atoms with Crippen LogP contribution in [0.1, 0.15) is 6.42 Å². The fourth-order valence-electron chi connectivity index (χ4n) is 2.30. The van der Waals surface area contributed by atoms with Gasteiger partial charge in [-0.3, -0.25) is 4.79 Å². The molecule has 20 heavy (non-hydrogen) atoms. The fraction of sp³-hybridized carbons (Fsp3) is 0.118. The Kier molecular flexibility index (Phi) is 3.50. The Hall–Kier alpha value is -2.55. The Morgan fingerprint density at radius 1 is 0.950 bits per heavy atom. The summed E-state index contributed by atoms with van der Waals surface area (Å²) in [5.74, 6) is 0.0361. The van der Waals surface area contributed by atoms with Crippen LogP contribution in [0.25, 0.3) is 10.9 Å². The summed E-state index contributed by atoms with van der Waals surface area (Å²) >= 11 is 0. The summed E-state index contributed by atoms with van der Waals surface area (Å²) in [5.41, 5.74) is 2.01. The van der Waals surface area contributed by atoms with Crippen LogP contribution in [-0.4, -0.2) is 10.5 Å². The van der Waals surface area contributed by atoms with Gasteiger partial charge in [0.15, 0.2) is 0 Å². The van der Waals surface area contributed by atoms with E-state index in [1.54, 1.807) is 0 Å². The lowest BCUT2D eigenvalue weighted by molar-refractivity contribution is -0.116. The molecule has 0 saturated carbocycles. The first-order chi connectivity index (χ1) is 9.83. The van der Waals surface area contributed by atoms with E-state index in [1.165, 1.54) is 10.9 Å². The summed E-state index contributed by atoms with van der Waals surface area (Å²) < 4.78 is 2.11. The molecule has 0 spiro atoms. The van der Waals surface area contributed by atoms with Crippen LogP contribution in [0.15, 0.2) is 66.9 Å². The van der Waals surface area contributed by atoms with Crippen molar-refractivity contribution in [3.05, 3.63) is 66.9 Å². The van der Waals surface area contributed by atoms with Crippen molar-refractivity contribution in [1.29, 1.82) is 0 Å². The molecule has 1 amide bonds. The van der Waals surface area contributed by atoms with Crippen LogP contribution < -0.4 is 5.32 Å². The van der Waals surface area contributed by atoms with Gasteiger partial charge in [-0.25, -0.2) is 0 Å². The van der Waals surface area contributed by atoms with E-state index in [1.807, 2.05) is 48.7 Å². The topological polar surface area (TPSA) is 34.0 Å². The van der Waals surface area contributed by atoms with Gasteiger partial charge in [0.05, 0.1) is 0 Å². The highest BCUT2D eigenvalue weighted by Crippen LogP contribution is 2.15. The predicted molar refractivity (Wildman–Crippen MR) is 81.6 cm³/mol. The van der Waals surface area contributed by atoms with Crippen LogP contribution in [0.4, 0.5) is 5.69 Å². The smallest absolute Gasteiger partial charge is 0.226 e. The highest BCUT2D eigenvalue weighted by atomic mass is 16.1. The molecule has 3 aromatic rings. The van der Waals surface area contributed by atoms with Gasteiger partial charge < -0.3 is 9.88 Å². The molecular weight excluding hydrogens is 248 g/mol. The molecule has 0 aliphatic rings. The molecule has 100 valence electrons. The fourth-order valence-corrected chi connectivity index (χ4v) is 2.30. The number of carbonyl (C=O) groups is 1. The Bertz CT molecular complexity index is 716. The lowest BCUT2D eigenvalue weighted by Crippen LogP contribution is -2.14. The first kappa shape index (κ1) is 12.5. The molecule has 0 bridgehead atoms. The molecule has 0 unspecified atom stereocenters. The minimum absolute atomic E-state index is 0.0361. The number of aryl methyl sites for hydroxylation is 1. The van der Waals surface area contributed by atoms with Gasteiger partial charge in [0.25, 0.3) is 0 Å². The molecule has 3 rings (SSSR count). The molecule has 3 heteroatoms. The van der Waals surface area contributed by atoms with Crippen molar-refractivity contribution in [2.75, 3.05) is 5.32 Å². The summed E-state index contributed by atoms with van der Waals surface area (Å²) in [5, 5.41) is 4.10. The van der Waals surface area contributed by atoms with Crippen molar-refractivity contribution >= 4 is 22.5 Å². The number of carbonyl (C=O) groups excluding carboxylic acids is 1. The van der Waals surface area contributed by atoms with Gasteiger partial charge in [-0.2, -0.15) is 0 Å². The summed E-state index contributed by atoms with van der Waals surface area (Å²) in [6, 6.07) is 19.8. The van der Waals surface area contributed by atoms with E-state index in [0.29, 0.717) is 13.0 Å². The van der Waals surface area contributed by atoms with Crippen molar-refractivity contribution in [2.45, 2.75) is 13.0 Å². The summed E-state index contributed by atoms with van der Waals surface area (Å²) in [6.07, 6.45) is 2.49. The third kappa shape index (κ3) is 2.72. The van der Waals surface area contributed by atoms with Gasteiger partial charge in [0, 0.05) is 30.4 Å². The zero-order valence-corrected chi connectivity index (χ0v) is 11.1. The van der Waals surface area contributed by atoms with Crippen molar-refractivity contribution in [3.63, 3.8) is 0 Å². The molecular formula is C17H16N2O. The SMILES string of the molecule is O=C(CCn1ccc2ccccc21)Nc1ccccc1. The van der Waals surface area contributed by atoms with Gasteiger partial charge in [-0.1, -0.05) is 36.4 Å². The minimum Gasteiger partial charge on any atom is -0.347 e. The van der Waals surface area contributed by atoms with Crippen molar-refractivity contribution < 1.29 is 4.79 Å². The maximum atomic E-state index is 11.9. The van der Waals surface area contributed by atoms with E-state index in [9.17, 15) is 4.79 Å². The second-order valence-electron chi connectivity index (χ2n) is 4.73. The van der Waals surface area contributed by atoms with Gasteiger partial charge in [-0.15, -0.1) is 0 Å². The van der Waals surface area contributed by atoms with Crippen LogP contribution in [-0.2, 0) is 11.3 Å². The number of benzene rings is 2. The number of anilines is 1. The van der Waals surface area contributed by atoms with Gasteiger partial charge >= 0.3 is 0 Å². The number of para-hydroxylation sites is 2. The number of hydrogen-bond acceptors (Lipinski definition) is 1. The minimum atomic E-state index is 0.0361. The van der Waals surface area contributed by atoms with Crippen LogP contribution >= 0.6 is 0 Å². The van der Waals surface area contributed by atoms with E-state index in [2.05, 4.69) is 28.1 Å². The van der Waals surface area contributed by atoms with Crippen LogP contribution in [0.2, 0.25) is 0 Å². The molecule has 1 heterocycles. The molecule has 0 aliphatic heterocycles. The summed E-state index contributed by atoms with van der Waals surface area (Å²) in [4.78, 5) is 11.9. The quantitative estimate of drug-likeness (QED) is 0.766. The largest absolute Gasteiger partial charge is 0.347 e. The third-order valence-electron chi connectivity index (χ3n) is 3.32. The number of aromatic nitrogens is 1. The first-order valence-corrected chi connectivity index (χ1v) is 6.72. The average molecular weight is 264 g/mol. The number of nitrogens with one attached hydrogen (secondary N) is 1. The normalized spacial score (nSPS) is 10.6. The van der Waals surface area contributed by atoms with E-state index in [0.717, 1.165) is 5.69 Å². The number of rotatable bonds is 4. The summed E-state index contributed by atoms with van der Waals surface area (Å²) in [7, 11) is 0. The molecule has 1 aromatic heterocycles. The van der Waals surface area contributed by atoms with E-state index < -0.39 is 0 Å². The third-order valence-corrected chi connectivity index (χ3v) is 3.32. The van der Waals surface area contributed by atoms with Crippen LogP contribution in [0.3, 0.4) is 0 Å².